The van der Waals surface area contributed by atoms with Crippen molar-refractivity contribution >= 4 is 35.2 Å². The maximum absolute atomic E-state index is 11.4. The number of esters is 1. The number of carbonyl (C=O) groups is 1. The van der Waals surface area contributed by atoms with Gasteiger partial charge in [0.2, 0.25) is 0 Å². The number of benzene rings is 2. The minimum absolute atomic E-state index is 0.0706. The molecular formula is C16H13Cl2NO3. The first-order valence-corrected chi connectivity index (χ1v) is 7.05. The molecule has 0 fully saturated rings. The van der Waals surface area contributed by atoms with E-state index in [1.165, 1.54) is 13.2 Å². The third-order valence-electron chi connectivity index (χ3n) is 2.78. The lowest BCUT2D eigenvalue weighted by Crippen LogP contribution is -2.12. The van der Waals surface area contributed by atoms with Crippen LogP contribution in [0.1, 0.15) is 5.56 Å². The van der Waals surface area contributed by atoms with Crippen molar-refractivity contribution in [3.8, 4) is 11.5 Å². The highest BCUT2D eigenvalue weighted by Gasteiger charge is 2.14. The van der Waals surface area contributed by atoms with Gasteiger partial charge in [-0.3, -0.25) is 0 Å². The van der Waals surface area contributed by atoms with Gasteiger partial charge in [0.25, 0.3) is 0 Å². The average Bonchev–Trinajstić information content (AvgIpc) is 2.54. The van der Waals surface area contributed by atoms with Crippen molar-refractivity contribution < 1.29 is 14.3 Å². The van der Waals surface area contributed by atoms with Crippen LogP contribution in [0.4, 0.5) is 0 Å². The molecule has 4 nitrogen and oxygen atoms in total. The molecule has 0 heterocycles. The molecule has 0 unspecified atom stereocenters. The highest BCUT2D eigenvalue weighted by Crippen LogP contribution is 2.38. The molecule has 0 aliphatic heterocycles. The summed E-state index contributed by atoms with van der Waals surface area (Å²) >= 11 is 12.2. The van der Waals surface area contributed by atoms with Crippen molar-refractivity contribution in [3.05, 3.63) is 63.8 Å². The van der Waals surface area contributed by atoms with Gasteiger partial charge in [-0.05, 0) is 30.3 Å². The summed E-state index contributed by atoms with van der Waals surface area (Å²) in [5.74, 6) is 0.252. The molecule has 0 amide bonds. The van der Waals surface area contributed by atoms with E-state index in [0.717, 1.165) is 0 Å². The lowest BCUT2D eigenvalue weighted by atomic mass is 10.1. The Kier molecular flexibility index (Phi) is 5.31. The quantitative estimate of drug-likeness (QED) is 0.668. The summed E-state index contributed by atoms with van der Waals surface area (Å²) in [5, 5.41) is 0.568. The van der Waals surface area contributed by atoms with Gasteiger partial charge in [-0.1, -0.05) is 41.4 Å². The number of halogens is 2. The predicted octanol–water partition coefficient (Wildman–Crippen LogP) is 4.26. The Hall–Kier alpha value is -2.17. The molecule has 0 saturated carbocycles. The summed E-state index contributed by atoms with van der Waals surface area (Å²) in [7, 11) is 1.25. The van der Waals surface area contributed by atoms with Crippen LogP contribution < -0.4 is 10.5 Å². The molecule has 0 aliphatic rings. The minimum Gasteiger partial charge on any atom is -0.464 e. The van der Waals surface area contributed by atoms with Crippen LogP contribution in [0.2, 0.25) is 10.0 Å². The largest absolute Gasteiger partial charge is 0.464 e. The van der Waals surface area contributed by atoms with Crippen molar-refractivity contribution in [2.24, 2.45) is 5.73 Å². The predicted molar refractivity (Wildman–Crippen MR) is 87.2 cm³/mol. The van der Waals surface area contributed by atoms with Crippen LogP contribution in [0.25, 0.3) is 6.08 Å². The van der Waals surface area contributed by atoms with Crippen LogP contribution in [-0.2, 0) is 9.53 Å². The van der Waals surface area contributed by atoms with Crippen LogP contribution in [0.3, 0.4) is 0 Å². The summed E-state index contributed by atoms with van der Waals surface area (Å²) in [4.78, 5) is 11.4. The highest BCUT2D eigenvalue weighted by atomic mass is 35.5. The molecule has 2 aromatic carbocycles. The van der Waals surface area contributed by atoms with Crippen molar-refractivity contribution in [2.75, 3.05) is 7.11 Å². The van der Waals surface area contributed by atoms with E-state index in [1.807, 2.05) is 18.2 Å². The van der Waals surface area contributed by atoms with Crippen LogP contribution in [-0.4, -0.2) is 13.1 Å². The topological polar surface area (TPSA) is 61.5 Å². The van der Waals surface area contributed by atoms with Gasteiger partial charge < -0.3 is 15.2 Å². The zero-order valence-corrected chi connectivity index (χ0v) is 13.2. The fourth-order valence-electron chi connectivity index (χ4n) is 1.72. The second kappa shape index (κ2) is 7.20. The van der Waals surface area contributed by atoms with Gasteiger partial charge in [-0.2, -0.15) is 0 Å². The number of carbonyl (C=O) groups excluding carboxylic acids is 1. The molecule has 22 heavy (non-hydrogen) atoms. The summed E-state index contributed by atoms with van der Waals surface area (Å²) in [6.07, 6.45) is 1.42. The summed E-state index contributed by atoms with van der Waals surface area (Å²) in [5.41, 5.74) is 6.11. The van der Waals surface area contributed by atoms with Gasteiger partial charge in [-0.25, -0.2) is 4.79 Å². The first-order valence-electron chi connectivity index (χ1n) is 6.29. The third kappa shape index (κ3) is 3.72. The molecule has 0 radical (unpaired) electrons. The first-order chi connectivity index (χ1) is 10.5. The summed E-state index contributed by atoms with van der Waals surface area (Å²) < 4.78 is 10.3. The van der Waals surface area contributed by atoms with E-state index < -0.39 is 5.97 Å². The molecular weight excluding hydrogens is 325 g/mol. The second-order valence-electron chi connectivity index (χ2n) is 4.29. The summed E-state index contributed by atoms with van der Waals surface area (Å²) in [6, 6.07) is 12.3. The van der Waals surface area contributed by atoms with Gasteiger partial charge in [0.1, 0.15) is 16.5 Å². The lowest BCUT2D eigenvalue weighted by Gasteiger charge is -2.12. The van der Waals surface area contributed by atoms with E-state index in [0.29, 0.717) is 22.1 Å². The van der Waals surface area contributed by atoms with Crippen LogP contribution in [0.15, 0.2) is 48.2 Å². The highest BCUT2D eigenvalue weighted by molar-refractivity contribution is 6.43. The standard InChI is InChI=1S/C16H13Cl2NO3/c1-21-16(20)13(19)9-10-7-8-12(17)14(18)15(10)22-11-5-3-2-4-6-11/h2-9H,19H2,1H3/b13-9-. The van der Waals surface area contributed by atoms with Crippen molar-refractivity contribution in [3.63, 3.8) is 0 Å². The maximum Gasteiger partial charge on any atom is 0.353 e. The molecule has 0 saturated heterocycles. The number of methoxy groups -OCH3 is 1. The number of rotatable bonds is 4. The maximum atomic E-state index is 11.4. The Morgan fingerprint density at radius 2 is 1.82 bits per heavy atom. The fourth-order valence-corrected chi connectivity index (χ4v) is 2.07. The van der Waals surface area contributed by atoms with Gasteiger partial charge in [0.05, 0.1) is 12.1 Å². The Morgan fingerprint density at radius 1 is 1.14 bits per heavy atom. The third-order valence-corrected chi connectivity index (χ3v) is 3.56. The molecule has 2 N–H and O–H groups in total. The van der Waals surface area contributed by atoms with Gasteiger partial charge in [0, 0.05) is 5.56 Å². The SMILES string of the molecule is COC(=O)/C(N)=C/c1ccc(Cl)c(Cl)c1Oc1ccccc1. The van der Waals surface area contributed by atoms with Crippen molar-refractivity contribution in [1.82, 2.24) is 0 Å². The van der Waals surface area contributed by atoms with Gasteiger partial charge in [-0.15, -0.1) is 0 Å². The number of ether oxygens (including phenoxy) is 2. The Morgan fingerprint density at radius 3 is 2.45 bits per heavy atom. The zero-order valence-electron chi connectivity index (χ0n) is 11.7. The molecule has 0 bridgehead atoms. The lowest BCUT2D eigenvalue weighted by molar-refractivity contribution is -0.136. The molecule has 0 aliphatic carbocycles. The average molecular weight is 338 g/mol. The fraction of sp³-hybridized carbons (Fsp3) is 0.0625. The molecule has 2 rings (SSSR count). The number of hydrogen-bond acceptors (Lipinski definition) is 4. The molecule has 0 aromatic heterocycles. The van der Waals surface area contributed by atoms with E-state index in [9.17, 15) is 4.79 Å². The van der Waals surface area contributed by atoms with E-state index in [4.69, 9.17) is 33.7 Å². The van der Waals surface area contributed by atoms with E-state index in [2.05, 4.69) is 4.74 Å². The van der Waals surface area contributed by atoms with Gasteiger partial charge >= 0.3 is 5.97 Å². The Bertz CT molecular complexity index is 715. The molecule has 6 heteroatoms. The first kappa shape index (κ1) is 16.2. The van der Waals surface area contributed by atoms with Crippen LogP contribution in [0, 0.1) is 0 Å². The van der Waals surface area contributed by atoms with Gasteiger partial charge in [0.15, 0.2) is 5.75 Å². The number of para-hydroxylation sites is 1. The van der Waals surface area contributed by atoms with Crippen molar-refractivity contribution in [2.45, 2.75) is 0 Å². The minimum atomic E-state index is -0.642. The number of hydrogen-bond donors (Lipinski definition) is 1. The monoisotopic (exact) mass is 337 g/mol. The van der Waals surface area contributed by atoms with Crippen LogP contribution in [0.5, 0.6) is 11.5 Å². The van der Waals surface area contributed by atoms with Crippen LogP contribution >= 0.6 is 23.2 Å². The Balaban J connectivity index is 2.47. The van der Waals surface area contributed by atoms with Crippen molar-refractivity contribution in [1.29, 1.82) is 0 Å². The normalized spacial score (nSPS) is 11.1. The molecule has 0 spiro atoms. The Labute approximate surface area is 138 Å². The van der Waals surface area contributed by atoms with E-state index in [1.54, 1.807) is 24.3 Å². The zero-order chi connectivity index (χ0) is 16.1. The molecule has 0 atom stereocenters. The molecule has 114 valence electrons. The van der Waals surface area contributed by atoms with E-state index >= 15 is 0 Å². The van der Waals surface area contributed by atoms with E-state index in [-0.39, 0.29) is 10.7 Å². The number of nitrogens with two attached hydrogens (primary N) is 1. The smallest absolute Gasteiger partial charge is 0.353 e. The summed E-state index contributed by atoms with van der Waals surface area (Å²) in [6.45, 7) is 0. The molecule has 2 aromatic rings. The second-order valence-corrected chi connectivity index (χ2v) is 5.07.